The van der Waals surface area contributed by atoms with E-state index in [-0.39, 0.29) is 6.54 Å². The molecule has 0 aliphatic rings. The van der Waals surface area contributed by atoms with E-state index in [1.807, 2.05) is 0 Å². The molecule has 1 aromatic heterocycles. The standard InChI is InChI=1S/C8H10F3NO/c1-6-2-3-13-7(6)4-12-5-8(9,10)11/h2-3,12H,4-5H2,1H3. The quantitative estimate of drug-likeness (QED) is 0.796. The average Bonchev–Trinajstić information content (AvgIpc) is 2.34. The normalized spacial score (nSPS) is 12.0. The van der Waals surface area contributed by atoms with Gasteiger partial charge in [-0.15, -0.1) is 0 Å². The van der Waals surface area contributed by atoms with E-state index in [2.05, 4.69) is 5.32 Å². The van der Waals surface area contributed by atoms with Crippen LogP contribution in [0.5, 0.6) is 0 Å². The van der Waals surface area contributed by atoms with Crippen LogP contribution in [0.25, 0.3) is 0 Å². The first-order valence-electron chi connectivity index (χ1n) is 3.79. The summed E-state index contributed by atoms with van der Waals surface area (Å²) in [6.07, 6.45) is -2.71. The Morgan fingerprint density at radius 1 is 1.46 bits per heavy atom. The van der Waals surface area contributed by atoms with Gasteiger partial charge < -0.3 is 9.73 Å². The van der Waals surface area contributed by atoms with Crippen molar-refractivity contribution >= 4 is 0 Å². The largest absolute Gasteiger partial charge is 0.468 e. The van der Waals surface area contributed by atoms with E-state index in [1.54, 1.807) is 13.0 Å². The molecule has 13 heavy (non-hydrogen) atoms. The van der Waals surface area contributed by atoms with Gasteiger partial charge in [-0.1, -0.05) is 0 Å². The van der Waals surface area contributed by atoms with Gasteiger partial charge in [-0.05, 0) is 18.6 Å². The zero-order chi connectivity index (χ0) is 9.90. The van der Waals surface area contributed by atoms with Crippen LogP contribution in [-0.4, -0.2) is 12.7 Å². The smallest absolute Gasteiger partial charge is 0.401 e. The van der Waals surface area contributed by atoms with Gasteiger partial charge in [0.1, 0.15) is 5.76 Å². The molecule has 0 fully saturated rings. The highest BCUT2D eigenvalue weighted by Gasteiger charge is 2.26. The van der Waals surface area contributed by atoms with Crippen LogP contribution >= 0.6 is 0 Å². The minimum Gasteiger partial charge on any atom is -0.468 e. The fourth-order valence-electron chi connectivity index (χ4n) is 0.903. The van der Waals surface area contributed by atoms with Gasteiger partial charge in [-0.25, -0.2) is 0 Å². The van der Waals surface area contributed by atoms with E-state index in [0.29, 0.717) is 5.76 Å². The Hall–Kier alpha value is -0.970. The zero-order valence-electron chi connectivity index (χ0n) is 7.11. The number of hydrogen-bond acceptors (Lipinski definition) is 2. The third-order valence-electron chi connectivity index (χ3n) is 1.58. The van der Waals surface area contributed by atoms with Gasteiger partial charge in [-0.3, -0.25) is 0 Å². The zero-order valence-corrected chi connectivity index (χ0v) is 7.11. The van der Waals surface area contributed by atoms with E-state index >= 15 is 0 Å². The molecule has 5 heteroatoms. The Bertz CT molecular complexity index is 267. The van der Waals surface area contributed by atoms with Crippen molar-refractivity contribution in [3.05, 3.63) is 23.7 Å². The maximum absolute atomic E-state index is 11.7. The lowest BCUT2D eigenvalue weighted by atomic mass is 10.3. The molecule has 0 amide bonds. The molecule has 0 aliphatic heterocycles. The highest BCUT2D eigenvalue weighted by molar-refractivity contribution is 5.13. The molecule has 1 heterocycles. The van der Waals surface area contributed by atoms with Crippen molar-refractivity contribution in [2.75, 3.05) is 6.54 Å². The fourth-order valence-corrected chi connectivity index (χ4v) is 0.903. The summed E-state index contributed by atoms with van der Waals surface area (Å²) in [6.45, 7) is 0.902. The molecule has 2 nitrogen and oxygen atoms in total. The highest BCUT2D eigenvalue weighted by atomic mass is 19.4. The number of nitrogens with one attached hydrogen (secondary N) is 1. The minimum absolute atomic E-state index is 0.109. The second-order valence-corrected chi connectivity index (χ2v) is 2.75. The summed E-state index contributed by atoms with van der Waals surface area (Å²) in [4.78, 5) is 0. The monoisotopic (exact) mass is 193 g/mol. The Kier molecular flexibility index (Phi) is 2.98. The van der Waals surface area contributed by atoms with Gasteiger partial charge in [0.2, 0.25) is 0 Å². The molecule has 1 aromatic rings. The summed E-state index contributed by atoms with van der Waals surface area (Å²) >= 11 is 0. The molecule has 0 saturated heterocycles. The number of halogens is 3. The van der Waals surface area contributed by atoms with E-state index in [1.165, 1.54) is 6.26 Å². The Morgan fingerprint density at radius 2 is 2.15 bits per heavy atom. The third kappa shape index (κ3) is 3.50. The predicted octanol–water partition coefficient (Wildman–Crippen LogP) is 2.24. The van der Waals surface area contributed by atoms with Crippen molar-refractivity contribution in [1.29, 1.82) is 0 Å². The van der Waals surface area contributed by atoms with Crippen LogP contribution < -0.4 is 5.32 Å². The van der Waals surface area contributed by atoms with Gasteiger partial charge in [0.25, 0.3) is 0 Å². The maximum atomic E-state index is 11.7. The summed E-state index contributed by atoms with van der Waals surface area (Å²) < 4.78 is 40.0. The summed E-state index contributed by atoms with van der Waals surface area (Å²) in [6, 6.07) is 1.71. The first-order valence-corrected chi connectivity index (χ1v) is 3.79. The Labute approximate surface area is 73.7 Å². The molecule has 74 valence electrons. The minimum atomic E-state index is -4.17. The van der Waals surface area contributed by atoms with Crippen LogP contribution in [0.4, 0.5) is 13.2 Å². The van der Waals surface area contributed by atoms with Gasteiger partial charge in [-0.2, -0.15) is 13.2 Å². The van der Waals surface area contributed by atoms with E-state index in [4.69, 9.17) is 4.42 Å². The fraction of sp³-hybridized carbons (Fsp3) is 0.500. The van der Waals surface area contributed by atoms with E-state index in [0.717, 1.165) is 5.56 Å². The van der Waals surface area contributed by atoms with E-state index < -0.39 is 12.7 Å². The molecule has 1 N–H and O–H groups in total. The third-order valence-corrected chi connectivity index (χ3v) is 1.58. The maximum Gasteiger partial charge on any atom is 0.401 e. The Balaban J connectivity index is 2.32. The second kappa shape index (κ2) is 3.83. The average molecular weight is 193 g/mol. The molecule has 0 aromatic carbocycles. The summed E-state index contributed by atoms with van der Waals surface area (Å²) in [5, 5.41) is 2.25. The van der Waals surface area contributed by atoms with E-state index in [9.17, 15) is 13.2 Å². The van der Waals surface area contributed by atoms with Crippen molar-refractivity contribution in [2.45, 2.75) is 19.6 Å². The van der Waals surface area contributed by atoms with Crippen LogP contribution in [0, 0.1) is 6.92 Å². The topological polar surface area (TPSA) is 25.2 Å². The van der Waals surface area contributed by atoms with Gasteiger partial charge >= 0.3 is 6.18 Å². The van der Waals surface area contributed by atoms with Crippen molar-refractivity contribution in [3.63, 3.8) is 0 Å². The van der Waals surface area contributed by atoms with Crippen LogP contribution in [0.15, 0.2) is 16.7 Å². The molecule has 1 rings (SSSR count). The molecular weight excluding hydrogens is 183 g/mol. The van der Waals surface area contributed by atoms with Crippen molar-refractivity contribution in [1.82, 2.24) is 5.32 Å². The van der Waals surface area contributed by atoms with Crippen molar-refractivity contribution in [2.24, 2.45) is 0 Å². The lowest BCUT2D eigenvalue weighted by molar-refractivity contribution is -0.125. The summed E-state index contributed by atoms with van der Waals surface area (Å²) in [7, 11) is 0. The van der Waals surface area contributed by atoms with Crippen LogP contribution in [0.3, 0.4) is 0 Å². The Morgan fingerprint density at radius 3 is 2.62 bits per heavy atom. The molecule has 0 unspecified atom stereocenters. The molecule has 0 bridgehead atoms. The second-order valence-electron chi connectivity index (χ2n) is 2.75. The summed E-state index contributed by atoms with van der Waals surface area (Å²) in [5.41, 5.74) is 0.856. The van der Waals surface area contributed by atoms with Gasteiger partial charge in [0.05, 0.1) is 19.4 Å². The van der Waals surface area contributed by atoms with Gasteiger partial charge in [0, 0.05) is 0 Å². The first-order chi connectivity index (χ1) is 5.99. The highest BCUT2D eigenvalue weighted by Crippen LogP contribution is 2.13. The predicted molar refractivity (Wildman–Crippen MR) is 41.2 cm³/mol. The molecule has 0 atom stereocenters. The van der Waals surface area contributed by atoms with Gasteiger partial charge in [0.15, 0.2) is 0 Å². The number of furan rings is 1. The van der Waals surface area contributed by atoms with Crippen LogP contribution in [0.1, 0.15) is 11.3 Å². The molecule has 0 radical (unpaired) electrons. The van der Waals surface area contributed by atoms with Crippen molar-refractivity contribution in [3.8, 4) is 0 Å². The first kappa shape index (κ1) is 10.1. The summed E-state index contributed by atoms with van der Waals surface area (Å²) in [5.74, 6) is 0.546. The molecule has 0 aliphatic carbocycles. The number of hydrogen-bond donors (Lipinski definition) is 1. The molecule has 0 saturated carbocycles. The lowest BCUT2D eigenvalue weighted by Gasteiger charge is -2.06. The number of aryl methyl sites for hydroxylation is 1. The van der Waals surface area contributed by atoms with Crippen LogP contribution in [-0.2, 0) is 6.54 Å². The number of rotatable bonds is 3. The molecular formula is C8H10F3NO. The van der Waals surface area contributed by atoms with Crippen LogP contribution in [0.2, 0.25) is 0 Å². The van der Waals surface area contributed by atoms with Crippen molar-refractivity contribution < 1.29 is 17.6 Å². The lowest BCUT2D eigenvalue weighted by Crippen LogP contribution is -2.28. The SMILES string of the molecule is Cc1ccoc1CNCC(F)(F)F. The number of alkyl halides is 3. The molecule has 0 spiro atoms.